The molecule has 0 amide bonds. The Balaban J connectivity index is 2.17. The number of hydrogen-bond acceptors (Lipinski definition) is 2. The van der Waals surface area contributed by atoms with E-state index in [0.29, 0.717) is 6.04 Å². The zero-order valence-electron chi connectivity index (χ0n) is 10.3. The lowest BCUT2D eigenvalue weighted by molar-refractivity contribution is 0.154. The van der Waals surface area contributed by atoms with Crippen molar-refractivity contribution < 1.29 is 5.11 Å². The highest BCUT2D eigenvalue weighted by molar-refractivity contribution is 4.80. The molecule has 15 heavy (non-hydrogen) atoms. The van der Waals surface area contributed by atoms with Crippen LogP contribution in [0.15, 0.2) is 0 Å². The maximum Gasteiger partial charge on any atom is 0.0549 e. The maximum atomic E-state index is 9.47. The lowest BCUT2D eigenvalue weighted by atomic mass is 9.83. The Kier molecular flexibility index (Phi) is 6.26. The Hall–Kier alpha value is -0.0800. The van der Waals surface area contributed by atoms with Crippen molar-refractivity contribution in [1.29, 1.82) is 0 Å². The van der Waals surface area contributed by atoms with Crippen LogP contribution in [0, 0.1) is 5.92 Å². The largest absolute Gasteiger partial charge is 0.393 e. The number of aliphatic hydroxyl groups is 1. The van der Waals surface area contributed by atoms with Crippen LogP contribution in [0.25, 0.3) is 0 Å². The van der Waals surface area contributed by atoms with Gasteiger partial charge in [-0.25, -0.2) is 0 Å². The van der Waals surface area contributed by atoms with E-state index in [0.717, 1.165) is 25.3 Å². The van der Waals surface area contributed by atoms with Crippen molar-refractivity contribution in [1.82, 2.24) is 5.32 Å². The summed E-state index contributed by atoms with van der Waals surface area (Å²) >= 11 is 0. The third kappa shape index (κ3) is 4.52. The highest BCUT2D eigenvalue weighted by Crippen LogP contribution is 2.26. The second kappa shape index (κ2) is 7.24. The fraction of sp³-hybridized carbons (Fsp3) is 1.00. The Morgan fingerprint density at radius 3 is 2.67 bits per heavy atom. The van der Waals surface area contributed by atoms with Crippen molar-refractivity contribution in [3.63, 3.8) is 0 Å². The molecule has 0 aliphatic heterocycles. The van der Waals surface area contributed by atoms with Crippen LogP contribution in [0.2, 0.25) is 0 Å². The molecular weight excluding hydrogens is 186 g/mol. The van der Waals surface area contributed by atoms with Gasteiger partial charge in [0, 0.05) is 6.04 Å². The lowest BCUT2D eigenvalue weighted by Crippen LogP contribution is -2.39. The number of hydrogen-bond donors (Lipinski definition) is 2. The fourth-order valence-electron chi connectivity index (χ4n) is 2.60. The van der Waals surface area contributed by atoms with Gasteiger partial charge in [-0.1, -0.05) is 33.1 Å². The normalized spacial score (nSPS) is 29.0. The highest BCUT2D eigenvalue weighted by Gasteiger charge is 2.22. The van der Waals surface area contributed by atoms with Crippen molar-refractivity contribution >= 4 is 0 Å². The quantitative estimate of drug-likeness (QED) is 0.711. The summed E-state index contributed by atoms with van der Waals surface area (Å²) in [6.45, 7) is 5.32. The van der Waals surface area contributed by atoms with Gasteiger partial charge in [0.05, 0.1) is 6.10 Å². The van der Waals surface area contributed by atoms with Gasteiger partial charge in [-0.05, 0) is 38.1 Å². The molecule has 1 saturated carbocycles. The van der Waals surface area contributed by atoms with Gasteiger partial charge < -0.3 is 10.4 Å². The Morgan fingerprint density at radius 1 is 1.27 bits per heavy atom. The van der Waals surface area contributed by atoms with Gasteiger partial charge in [0.25, 0.3) is 0 Å². The summed E-state index contributed by atoms with van der Waals surface area (Å²) in [5.41, 5.74) is 0. The first kappa shape index (κ1) is 13.0. The van der Waals surface area contributed by atoms with Crippen LogP contribution in [0.5, 0.6) is 0 Å². The molecular formula is C13H27NO. The third-order valence-electron chi connectivity index (χ3n) is 3.79. The Bertz CT molecular complexity index is 161. The van der Waals surface area contributed by atoms with Gasteiger partial charge in [-0.2, -0.15) is 0 Å². The first-order chi connectivity index (χ1) is 7.27. The number of rotatable bonds is 6. The first-order valence-electron chi connectivity index (χ1n) is 6.69. The number of aliphatic hydroxyl groups excluding tert-OH is 1. The van der Waals surface area contributed by atoms with Crippen LogP contribution >= 0.6 is 0 Å². The zero-order chi connectivity index (χ0) is 11.1. The van der Waals surface area contributed by atoms with Crippen LogP contribution in [0.3, 0.4) is 0 Å². The summed E-state index contributed by atoms with van der Waals surface area (Å²) in [6.07, 6.45) is 8.49. The molecule has 1 fully saturated rings. The van der Waals surface area contributed by atoms with E-state index in [4.69, 9.17) is 0 Å². The van der Waals surface area contributed by atoms with Gasteiger partial charge in [-0.15, -0.1) is 0 Å². The zero-order valence-corrected chi connectivity index (χ0v) is 10.3. The van der Waals surface area contributed by atoms with Crippen molar-refractivity contribution in [3.05, 3.63) is 0 Å². The first-order valence-corrected chi connectivity index (χ1v) is 6.69. The van der Waals surface area contributed by atoms with Gasteiger partial charge in [-0.3, -0.25) is 0 Å². The monoisotopic (exact) mass is 213 g/mol. The van der Waals surface area contributed by atoms with E-state index >= 15 is 0 Å². The molecule has 0 radical (unpaired) electrons. The second-order valence-electron chi connectivity index (χ2n) is 4.86. The average Bonchev–Trinajstić information content (AvgIpc) is 2.29. The minimum absolute atomic E-state index is 0.110. The van der Waals surface area contributed by atoms with E-state index in [1.807, 2.05) is 6.92 Å². The summed E-state index contributed by atoms with van der Waals surface area (Å²) in [5, 5.41) is 13.1. The van der Waals surface area contributed by atoms with Crippen LogP contribution in [0.1, 0.15) is 58.8 Å². The smallest absolute Gasteiger partial charge is 0.0549 e. The molecule has 1 aliphatic carbocycles. The molecule has 1 aliphatic rings. The van der Waals surface area contributed by atoms with E-state index in [1.165, 1.54) is 32.1 Å². The maximum absolute atomic E-state index is 9.47. The molecule has 0 aromatic heterocycles. The van der Waals surface area contributed by atoms with Crippen LogP contribution < -0.4 is 5.32 Å². The summed E-state index contributed by atoms with van der Waals surface area (Å²) in [7, 11) is 0. The van der Waals surface area contributed by atoms with Crippen molar-refractivity contribution in [2.45, 2.75) is 70.9 Å². The van der Waals surface area contributed by atoms with Gasteiger partial charge >= 0.3 is 0 Å². The summed E-state index contributed by atoms with van der Waals surface area (Å²) in [4.78, 5) is 0. The molecule has 3 unspecified atom stereocenters. The van der Waals surface area contributed by atoms with Gasteiger partial charge in [0.15, 0.2) is 0 Å². The summed E-state index contributed by atoms with van der Waals surface area (Å²) in [5.74, 6) is 0.873. The van der Waals surface area contributed by atoms with E-state index < -0.39 is 0 Å². The topological polar surface area (TPSA) is 32.3 Å². The van der Waals surface area contributed by atoms with E-state index in [9.17, 15) is 5.11 Å². The predicted octanol–water partition coefficient (Wildman–Crippen LogP) is 2.71. The van der Waals surface area contributed by atoms with E-state index in [-0.39, 0.29) is 6.10 Å². The van der Waals surface area contributed by atoms with Crippen molar-refractivity contribution in [3.8, 4) is 0 Å². The SMILES string of the molecule is CCC(O)CCNC1CCCCC1CC. The molecule has 2 N–H and O–H groups in total. The minimum Gasteiger partial charge on any atom is -0.393 e. The second-order valence-corrected chi connectivity index (χ2v) is 4.86. The van der Waals surface area contributed by atoms with Gasteiger partial charge in [0.1, 0.15) is 0 Å². The molecule has 3 atom stereocenters. The molecule has 1 rings (SSSR count). The average molecular weight is 213 g/mol. The molecule has 0 saturated heterocycles. The minimum atomic E-state index is -0.110. The van der Waals surface area contributed by atoms with E-state index in [2.05, 4.69) is 12.2 Å². The molecule has 90 valence electrons. The third-order valence-corrected chi connectivity index (χ3v) is 3.79. The molecule has 0 aromatic carbocycles. The number of nitrogens with one attached hydrogen (secondary N) is 1. The van der Waals surface area contributed by atoms with Crippen molar-refractivity contribution in [2.24, 2.45) is 5.92 Å². The van der Waals surface area contributed by atoms with Crippen molar-refractivity contribution in [2.75, 3.05) is 6.54 Å². The van der Waals surface area contributed by atoms with E-state index in [1.54, 1.807) is 0 Å². The summed E-state index contributed by atoms with van der Waals surface area (Å²) < 4.78 is 0. The Morgan fingerprint density at radius 2 is 2.00 bits per heavy atom. The molecule has 2 heteroatoms. The molecule has 0 aromatic rings. The fourth-order valence-corrected chi connectivity index (χ4v) is 2.60. The Labute approximate surface area is 94.5 Å². The van der Waals surface area contributed by atoms with Crippen LogP contribution in [-0.4, -0.2) is 23.8 Å². The van der Waals surface area contributed by atoms with Crippen LogP contribution in [0.4, 0.5) is 0 Å². The standard InChI is InChI=1S/C13H27NO/c1-3-11-7-5-6-8-13(11)14-10-9-12(15)4-2/h11-15H,3-10H2,1-2H3. The molecule has 0 bridgehead atoms. The van der Waals surface area contributed by atoms with Crippen LogP contribution in [-0.2, 0) is 0 Å². The summed E-state index contributed by atoms with van der Waals surface area (Å²) in [6, 6.07) is 0.716. The lowest BCUT2D eigenvalue weighted by Gasteiger charge is -2.32. The highest BCUT2D eigenvalue weighted by atomic mass is 16.3. The molecule has 0 heterocycles. The predicted molar refractivity (Wildman–Crippen MR) is 65.0 cm³/mol. The molecule has 2 nitrogen and oxygen atoms in total. The van der Waals surface area contributed by atoms with Gasteiger partial charge in [0.2, 0.25) is 0 Å². The molecule has 0 spiro atoms.